The highest BCUT2D eigenvalue weighted by molar-refractivity contribution is 5.97. The summed E-state index contributed by atoms with van der Waals surface area (Å²) >= 11 is 0. The van der Waals surface area contributed by atoms with E-state index in [2.05, 4.69) is 10.2 Å². The number of rotatable bonds is 2. The topological polar surface area (TPSA) is 67.5 Å². The summed E-state index contributed by atoms with van der Waals surface area (Å²) in [5.74, 6) is -0.452. The lowest BCUT2D eigenvalue weighted by molar-refractivity contribution is 0.0697. The average Bonchev–Trinajstić information content (AvgIpc) is 2.99. The molecule has 22 heavy (non-hydrogen) atoms. The molecule has 2 aromatic carbocycles. The molecule has 2 heterocycles. The molecule has 5 nitrogen and oxygen atoms in total. The molecule has 0 spiro atoms. The fraction of sp³-hybridized carbons (Fsp3) is 0. The van der Waals surface area contributed by atoms with Gasteiger partial charge in [-0.25, -0.2) is 4.79 Å². The third-order valence-electron chi connectivity index (χ3n) is 3.70. The fourth-order valence-electron chi connectivity index (χ4n) is 2.67. The zero-order valence-electron chi connectivity index (χ0n) is 11.5. The predicted molar refractivity (Wildman–Crippen MR) is 82.9 cm³/mol. The van der Waals surface area contributed by atoms with Crippen molar-refractivity contribution in [1.82, 2.24) is 14.6 Å². The molecule has 106 valence electrons. The molecule has 4 aromatic rings. The zero-order chi connectivity index (χ0) is 15.1. The van der Waals surface area contributed by atoms with Crippen LogP contribution in [0.3, 0.4) is 0 Å². The molecule has 0 fully saturated rings. The number of benzene rings is 2. The first-order chi connectivity index (χ1) is 10.8. The molecule has 1 N–H and O–H groups in total. The summed E-state index contributed by atoms with van der Waals surface area (Å²) in [6.45, 7) is 0. The predicted octanol–water partition coefficient (Wildman–Crippen LogP) is 3.25. The molecule has 0 aliphatic heterocycles. The smallest absolute Gasteiger partial charge is 0.336 e. The Hall–Kier alpha value is -3.21. The molecule has 0 saturated heterocycles. The Morgan fingerprint density at radius 1 is 0.955 bits per heavy atom. The standard InChI is InChI=1S/C17H11N3O2/c21-17(22)14-8-4-3-7-13(14)16-19-18-15-12-6-2-1-5-11(12)9-10-20(15)16/h1-10H,(H,21,22). The minimum atomic E-state index is -0.979. The second-order valence-corrected chi connectivity index (χ2v) is 4.97. The van der Waals surface area contributed by atoms with Gasteiger partial charge < -0.3 is 5.11 Å². The van der Waals surface area contributed by atoms with Crippen molar-refractivity contribution in [2.75, 3.05) is 0 Å². The van der Waals surface area contributed by atoms with Gasteiger partial charge >= 0.3 is 5.97 Å². The van der Waals surface area contributed by atoms with Crippen LogP contribution in [-0.4, -0.2) is 25.7 Å². The Bertz CT molecular complexity index is 1020. The number of hydrogen-bond acceptors (Lipinski definition) is 3. The monoisotopic (exact) mass is 289 g/mol. The summed E-state index contributed by atoms with van der Waals surface area (Å²) in [6, 6.07) is 16.7. The van der Waals surface area contributed by atoms with Crippen LogP contribution in [0.5, 0.6) is 0 Å². The molecular weight excluding hydrogens is 278 g/mol. The van der Waals surface area contributed by atoms with Crippen molar-refractivity contribution in [2.24, 2.45) is 0 Å². The third-order valence-corrected chi connectivity index (χ3v) is 3.70. The van der Waals surface area contributed by atoms with E-state index in [1.54, 1.807) is 24.3 Å². The largest absolute Gasteiger partial charge is 0.478 e. The van der Waals surface area contributed by atoms with Crippen LogP contribution in [0.4, 0.5) is 0 Å². The molecule has 0 radical (unpaired) electrons. The first-order valence-electron chi connectivity index (χ1n) is 6.81. The summed E-state index contributed by atoms with van der Waals surface area (Å²) in [6.07, 6.45) is 1.87. The maximum Gasteiger partial charge on any atom is 0.336 e. The molecule has 0 saturated carbocycles. The van der Waals surface area contributed by atoms with E-state index in [4.69, 9.17) is 0 Å². The summed E-state index contributed by atoms with van der Waals surface area (Å²) in [4.78, 5) is 11.4. The van der Waals surface area contributed by atoms with Gasteiger partial charge in [0.2, 0.25) is 0 Å². The fourth-order valence-corrected chi connectivity index (χ4v) is 2.67. The normalized spacial score (nSPS) is 11.1. The van der Waals surface area contributed by atoms with E-state index >= 15 is 0 Å². The molecule has 0 unspecified atom stereocenters. The van der Waals surface area contributed by atoms with Gasteiger partial charge in [0.15, 0.2) is 11.5 Å². The summed E-state index contributed by atoms with van der Waals surface area (Å²) in [5.41, 5.74) is 1.48. The van der Waals surface area contributed by atoms with Crippen LogP contribution in [0, 0.1) is 0 Å². The number of carbonyl (C=O) groups is 1. The van der Waals surface area contributed by atoms with Gasteiger partial charge in [-0.3, -0.25) is 4.40 Å². The highest BCUT2D eigenvalue weighted by Gasteiger charge is 2.16. The van der Waals surface area contributed by atoms with Gasteiger partial charge in [0, 0.05) is 17.1 Å². The quantitative estimate of drug-likeness (QED) is 0.615. The number of aromatic carboxylic acids is 1. The van der Waals surface area contributed by atoms with Crippen molar-refractivity contribution < 1.29 is 9.90 Å². The van der Waals surface area contributed by atoms with Gasteiger partial charge in [-0.2, -0.15) is 0 Å². The molecule has 4 rings (SSSR count). The first-order valence-corrected chi connectivity index (χ1v) is 6.81. The molecule has 0 amide bonds. The Morgan fingerprint density at radius 2 is 1.73 bits per heavy atom. The lowest BCUT2D eigenvalue weighted by Crippen LogP contribution is -2.01. The van der Waals surface area contributed by atoms with E-state index in [-0.39, 0.29) is 5.56 Å². The summed E-state index contributed by atoms with van der Waals surface area (Å²) in [5, 5.41) is 19.9. The van der Waals surface area contributed by atoms with Crippen molar-refractivity contribution in [3.63, 3.8) is 0 Å². The SMILES string of the molecule is O=C(O)c1ccccc1-c1nnc2c3ccccc3ccn12. The molecule has 0 aliphatic rings. The van der Waals surface area contributed by atoms with E-state index < -0.39 is 5.97 Å². The van der Waals surface area contributed by atoms with Crippen LogP contribution in [0.1, 0.15) is 10.4 Å². The lowest BCUT2D eigenvalue weighted by Gasteiger charge is -2.05. The number of fused-ring (bicyclic) bond motifs is 3. The number of carboxylic acid groups (broad SMARTS) is 1. The van der Waals surface area contributed by atoms with Crippen molar-refractivity contribution in [3.05, 3.63) is 66.4 Å². The van der Waals surface area contributed by atoms with Crippen LogP contribution in [-0.2, 0) is 0 Å². The maximum absolute atomic E-state index is 11.4. The van der Waals surface area contributed by atoms with E-state index in [0.29, 0.717) is 17.0 Å². The molecule has 5 heteroatoms. The second-order valence-electron chi connectivity index (χ2n) is 4.97. The highest BCUT2D eigenvalue weighted by Crippen LogP contribution is 2.26. The van der Waals surface area contributed by atoms with Crippen molar-refractivity contribution in [2.45, 2.75) is 0 Å². The van der Waals surface area contributed by atoms with Gasteiger partial charge in [-0.05, 0) is 17.5 Å². The van der Waals surface area contributed by atoms with Crippen LogP contribution in [0.15, 0.2) is 60.8 Å². The number of nitrogens with zero attached hydrogens (tertiary/aromatic N) is 3. The van der Waals surface area contributed by atoms with Gasteiger partial charge in [0.25, 0.3) is 0 Å². The minimum Gasteiger partial charge on any atom is -0.478 e. The Morgan fingerprint density at radius 3 is 2.59 bits per heavy atom. The second kappa shape index (κ2) is 4.66. The van der Waals surface area contributed by atoms with Crippen LogP contribution in [0.2, 0.25) is 0 Å². The van der Waals surface area contributed by atoms with Crippen LogP contribution in [0.25, 0.3) is 27.8 Å². The van der Waals surface area contributed by atoms with E-state index in [1.165, 1.54) is 0 Å². The van der Waals surface area contributed by atoms with E-state index in [1.807, 2.05) is 40.9 Å². The highest BCUT2D eigenvalue weighted by atomic mass is 16.4. The number of hydrogen-bond donors (Lipinski definition) is 1. The van der Waals surface area contributed by atoms with Crippen molar-refractivity contribution in [1.29, 1.82) is 0 Å². The molecule has 0 bridgehead atoms. The molecular formula is C17H11N3O2. The zero-order valence-corrected chi connectivity index (χ0v) is 11.5. The molecule has 0 atom stereocenters. The first kappa shape index (κ1) is 12.5. The van der Waals surface area contributed by atoms with E-state index in [0.717, 1.165) is 10.8 Å². The Labute approximate surface area is 125 Å². The van der Waals surface area contributed by atoms with Gasteiger partial charge in [0.1, 0.15) is 0 Å². The van der Waals surface area contributed by atoms with Gasteiger partial charge in [-0.1, -0.05) is 42.5 Å². The maximum atomic E-state index is 11.4. The number of aromatic nitrogens is 3. The Kier molecular flexibility index (Phi) is 2.66. The van der Waals surface area contributed by atoms with Gasteiger partial charge in [-0.15, -0.1) is 10.2 Å². The van der Waals surface area contributed by atoms with Crippen LogP contribution >= 0.6 is 0 Å². The van der Waals surface area contributed by atoms with Crippen LogP contribution < -0.4 is 0 Å². The number of pyridine rings is 1. The molecule has 0 aliphatic carbocycles. The van der Waals surface area contributed by atoms with Crippen molar-refractivity contribution >= 4 is 22.4 Å². The molecule has 2 aromatic heterocycles. The lowest BCUT2D eigenvalue weighted by atomic mass is 10.1. The Balaban J connectivity index is 2.05. The summed E-state index contributed by atoms with van der Waals surface area (Å²) < 4.78 is 1.82. The third kappa shape index (κ3) is 1.76. The average molecular weight is 289 g/mol. The van der Waals surface area contributed by atoms with Gasteiger partial charge in [0.05, 0.1) is 5.56 Å². The van der Waals surface area contributed by atoms with E-state index in [9.17, 15) is 9.90 Å². The number of carboxylic acids is 1. The minimum absolute atomic E-state index is 0.213. The van der Waals surface area contributed by atoms with Crippen molar-refractivity contribution in [3.8, 4) is 11.4 Å². The summed E-state index contributed by atoms with van der Waals surface area (Å²) in [7, 11) is 0.